The molecule has 3 nitrogen and oxygen atoms in total. The fourth-order valence-corrected chi connectivity index (χ4v) is 2.00. The molecule has 92 valence electrons. The molecule has 0 saturated carbocycles. The van der Waals surface area contributed by atoms with Gasteiger partial charge in [0.1, 0.15) is 6.29 Å². The molecule has 0 amide bonds. The Morgan fingerprint density at radius 2 is 2.00 bits per heavy atom. The van der Waals surface area contributed by atoms with Crippen LogP contribution in [-0.2, 0) is 14.3 Å². The second kappa shape index (κ2) is 9.58. The Balaban J connectivity index is 4.47. The van der Waals surface area contributed by atoms with Crippen LogP contribution in [0.4, 0.5) is 0 Å². The largest absolute Gasteiger partial charge is 0.466 e. The van der Waals surface area contributed by atoms with Crippen molar-refractivity contribution in [2.45, 2.75) is 45.4 Å². The fraction of sp³-hybridized carbons (Fsp3) is 0.667. The number of unbranched alkanes of at least 4 members (excludes halogenated alkanes) is 2. The average Bonchev–Trinajstić information content (AvgIpc) is 2.29. The van der Waals surface area contributed by atoms with E-state index >= 15 is 0 Å². The third-order valence-electron chi connectivity index (χ3n) is 2.27. The highest BCUT2D eigenvalue weighted by Crippen LogP contribution is 2.23. The molecule has 0 bridgehead atoms. The van der Waals surface area contributed by atoms with Crippen molar-refractivity contribution in [2.24, 2.45) is 0 Å². The van der Waals surface area contributed by atoms with E-state index in [0.717, 1.165) is 36.5 Å². The zero-order valence-electron chi connectivity index (χ0n) is 9.92. The molecule has 0 N–H and O–H groups in total. The monoisotopic (exact) mass is 290 g/mol. The predicted molar refractivity (Wildman–Crippen MR) is 67.4 cm³/mol. The summed E-state index contributed by atoms with van der Waals surface area (Å²) in [6, 6.07) is 0. The number of rotatable bonds is 8. The number of ether oxygens (including phenoxy) is 1. The maximum absolute atomic E-state index is 11.5. The Kier molecular flexibility index (Phi) is 9.19. The van der Waals surface area contributed by atoms with Crippen LogP contribution >= 0.6 is 15.9 Å². The van der Waals surface area contributed by atoms with Gasteiger partial charge in [-0.05, 0) is 19.3 Å². The molecule has 0 spiro atoms. The molecule has 0 aliphatic rings. The van der Waals surface area contributed by atoms with Crippen LogP contribution in [0.25, 0.3) is 0 Å². The molecular formula is C12H19BrO3. The number of carbonyl (C=O) groups is 2. The number of methoxy groups -OCH3 is 1. The summed E-state index contributed by atoms with van der Waals surface area (Å²) in [5.41, 5.74) is 0.589. The van der Waals surface area contributed by atoms with Gasteiger partial charge in [-0.1, -0.05) is 35.7 Å². The van der Waals surface area contributed by atoms with E-state index in [2.05, 4.69) is 22.9 Å². The normalized spacial score (nSPS) is 11.9. The van der Waals surface area contributed by atoms with Gasteiger partial charge in [-0.3, -0.25) is 0 Å². The van der Waals surface area contributed by atoms with Crippen LogP contribution in [0.3, 0.4) is 0 Å². The SMILES string of the molecule is CCCCC/C(Br)=C(\CCC=O)C(=O)OC. The highest BCUT2D eigenvalue weighted by Gasteiger charge is 2.13. The summed E-state index contributed by atoms with van der Waals surface area (Å²) >= 11 is 3.41. The quantitative estimate of drug-likeness (QED) is 0.298. The van der Waals surface area contributed by atoms with Gasteiger partial charge >= 0.3 is 5.97 Å². The van der Waals surface area contributed by atoms with Gasteiger partial charge in [0.2, 0.25) is 0 Å². The molecule has 4 heteroatoms. The second-order valence-electron chi connectivity index (χ2n) is 3.54. The first-order chi connectivity index (χ1) is 7.67. The molecular weight excluding hydrogens is 272 g/mol. The maximum Gasteiger partial charge on any atom is 0.334 e. The smallest absolute Gasteiger partial charge is 0.334 e. The summed E-state index contributed by atoms with van der Waals surface area (Å²) in [5.74, 6) is -0.342. The molecule has 0 aromatic carbocycles. The minimum atomic E-state index is -0.342. The first-order valence-corrected chi connectivity index (χ1v) is 6.36. The molecule has 0 heterocycles. The lowest BCUT2D eigenvalue weighted by atomic mass is 10.1. The molecule has 0 atom stereocenters. The molecule has 0 radical (unpaired) electrons. The van der Waals surface area contributed by atoms with Crippen LogP contribution < -0.4 is 0 Å². The number of allylic oxidation sites excluding steroid dienone is 1. The van der Waals surface area contributed by atoms with E-state index in [-0.39, 0.29) is 5.97 Å². The summed E-state index contributed by atoms with van der Waals surface area (Å²) in [7, 11) is 1.36. The molecule has 0 aromatic rings. The molecule has 0 aromatic heterocycles. The van der Waals surface area contributed by atoms with E-state index in [9.17, 15) is 9.59 Å². The van der Waals surface area contributed by atoms with Crippen LogP contribution in [0.15, 0.2) is 10.1 Å². The summed E-state index contributed by atoms with van der Waals surface area (Å²) in [5, 5.41) is 0. The lowest BCUT2D eigenvalue weighted by Gasteiger charge is -2.07. The van der Waals surface area contributed by atoms with Crippen molar-refractivity contribution >= 4 is 28.2 Å². The number of carbonyl (C=O) groups excluding carboxylic acids is 2. The summed E-state index contributed by atoms with van der Waals surface area (Å²) < 4.78 is 5.56. The lowest BCUT2D eigenvalue weighted by Crippen LogP contribution is -2.07. The van der Waals surface area contributed by atoms with Gasteiger partial charge in [-0.25, -0.2) is 4.79 Å². The summed E-state index contributed by atoms with van der Waals surface area (Å²) in [6.07, 6.45) is 5.76. The Morgan fingerprint density at radius 3 is 2.50 bits per heavy atom. The molecule has 0 aliphatic carbocycles. The van der Waals surface area contributed by atoms with Crippen LogP contribution in [0, 0.1) is 0 Å². The fourth-order valence-electron chi connectivity index (χ4n) is 1.36. The van der Waals surface area contributed by atoms with E-state index in [1.165, 1.54) is 7.11 Å². The summed E-state index contributed by atoms with van der Waals surface area (Å²) in [6.45, 7) is 2.13. The first-order valence-electron chi connectivity index (χ1n) is 5.56. The van der Waals surface area contributed by atoms with Crippen molar-refractivity contribution in [1.82, 2.24) is 0 Å². The van der Waals surface area contributed by atoms with Gasteiger partial charge in [0.05, 0.1) is 7.11 Å². The van der Waals surface area contributed by atoms with Crippen LogP contribution in [0.1, 0.15) is 45.4 Å². The van der Waals surface area contributed by atoms with Crippen molar-refractivity contribution in [3.8, 4) is 0 Å². The van der Waals surface area contributed by atoms with Gasteiger partial charge in [-0.2, -0.15) is 0 Å². The Hall–Kier alpha value is -0.640. The second-order valence-corrected chi connectivity index (χ2v) is 4.49. The third kappa shape index (κ3) is 6.05. The highest BCUT2D eigenvalue weighted by atomic mass is 79.9. The van der Waals surface area contributed by atoms with E-state index in [0.29, 0.717) is 18.4 Å². The molecule has 0 unspecified atom stereocenters. The van der Waals surface area contributed by atoms with Crippen molar-refractivity contribution in [1.29, 1.82) is 0 Å². The van der Waals surface area contributed by atoms with Gasteiger partial charge in [0, 0.05) is 16.5 Å². The van der Waals surface area contributed by atoms with E-state index < -0.39 is 0 Å². The average molecular weight is 291 g/mol. The number of esters is 1. The standard InChI is InChI=1S/C12H19BrO3/c1-3-4-5-8-11(13)10(7-6-9-14)12(15)16-2/h9H,3-8H2,1-2H3/b11-10-. The van der Waals surface area contributed by atoms with Gasteiger partial charge in [0.25, 0.3) is 0 Å². The van der Waals surface area contributed by atoms with Crippen LogP contribution in [-0.4, -0.2) is 19.4 Å². The van der Waals surface area contributed by atoms with Crippen molar-refractivity contribution in [3.63, 3.8) is 0 Å². The van der Waals surface area contributed by atoms with Crippen molar-refractivity contribution < 1.29 is 14.3 Å². The number of hydrogen-bond donors (Lipinski definition) is 0. The van der Waals surface area contributed by atoms with Crippen molar-refractivity contribution in [3.05, 3.63) is 10.1 Å². The Bertz CT molecular complexity index is 259. The van der Waals surface area contributed by atoms with Crippen LogP contribution in [0.5, 0.6) is 0 Å². The van der Waals surface area contributed by atoms with Crippen LogP contribution in [0.2, 0.25) is 0 Å². The lowest BCUT2D eigenvalue weighted by molar-refractivity contribution is -0.136. The molecule has 16 heavy (non-hydrogen) atoms. The predicted octanol–water partition coefficient (Wildman–Crippen LogP) is 3.37. The molecule has 0 saturated heterocycles. The Morgan fingerprint density at radius 1 is 1.31 bits per heavy atom. The number of aldehydes is 1. The zero-order chi connectivity index (χ0) is 12.4. The molecule has 0 fully saturated rings. The Labute approximate surface area is 105 Å². The van der Waals surface area contributed by atoms with Gasteiger partial charge in [-0.15, -0.1) is 0 Å². The molecule has 0 aliphatic heterocycles. The van der Waals surface area contributed by atoms with E-state index in [1.807, 2.05) is 0 Å². The van der Waals surface area contributed by atoms with Gasteiger partial charge < -0.3 is 9.53 Å². The van der Waals surface area contributed by atoms with E-state index in [4.69, 9.17) is 4.74 Å². The van der Waals surface area contributed by atoms with Crippen molar-refractivity contribution in [2.75, 3.05) is 7.11 Å². The summed E-state index contributed by atoms with van der Waals surface area (Å²) in [4.78, 5) is 21.8. The first kappa shape index (κ1) is 15.4. The minimum absolute atomic E-state index is 0.342. The highest BCUT2D eigenvalue weighted by molar-refractivity contribution is 9.11. The zero-order valence-corrected chi connectivity index (χ0v) is 11.5. The topological polar surface area (TPSA) is 43.4 Å². The molecule has 0 rings (SSSR count). The number of halogens is 1. The number of hydrogen-bond acceptors (Lipinski definition) is 3. The van der Waals surface area contributed by atoms with Gasteiger partial charge in [0.15, 0.2) is 0 Å². The maximum atomic E-state index is 11.5. The van der Waals surface area contributed by atoms with E-state index in [1.54, 1.807) is 0 Å². The third-order valence-corrected chi connectivity index (χ3v) is 3.15. The minimum Gasteiger partial charge on any atom is -0.466 e.